The van der Waals surface area contributed by atoms with Gasteiger partial charge in [-0.25, -0.2) is 0 Å². The first-order valence-corrected chi connectivity index (χ1v) is 6.46. The molecule has 1 aliphatic carbocycles. The maximum Gasteiger partial charge on any atom is 0.238 e. The lowest BCUT2D eigenvalue weighted by Gasteiger charge is -2.19. The summed E-state index contributed by atoms with van der Waals surface area (Å²) in [6, 6.07) is 9.15. The first-order chi connectivity index (χ1) is 9.22. The first kappa shape index (κ1) is 11.9. The predicted octanol–water partition coefficient (Wildman–Crippen LogP) is 2.70. The fourth-order valence-electron chi connectivity index (χ4n) is 2.89. The molecule has 0 spiro atoms. The van der Waals surface area contributed by atoms with Crippen molar-refractivity contribution in [1.82, 2.24) is 0 Å². The summed E-state index contributed by atoms with van der Waals surface area (Å²) in [5, 5.41) is 0. The number of hydrogen-bond donors (Lipinski definition) is 0. The number of amides is 2. The molecule has 2 amide bonds. The quantitative estimate of drug-likeness (QED) is 0.760. The molecule has 19 heavy (non-hydrogen) atoms. The first-order valence-electron chi connectivity index (χ1n) is 6.46. The second-order valence-electron chi connectivity index (χ2n) is 4.98. The van der Waals surface area contributed by atoms with Gasteiger partial charge in [0.1, 0.15) is 0 Å². The summed E-state index contributed by atoms with van der Waals surface area (Å²) in [4.78, 5) is 26.2. The summed E-state index contributed by atoms with van der Waals surface area (Å²) < 4.78 is 0. The van der Waals surface area contributed by atoms with Crippen LogP contribution in [-0.2, 0) is 9.59 Å². The molecular weight excluding hydrogens is 238 g/mol. The van der Waals surface area contributed by atoms with E-state index in [1.54, 1.807) is 18.2 Å². The third-order valence-corrected chi connectivity index (χ3v) is 3.93. The van der Waals surface area contributed by atoms with E-state index in [1.165, 1.54) is 4.90 Å². The maximum atomic E-state index is 12.5. The summed E-state index contributed by atoms with van der Waals surface area (Å²) in [7, 11) is 0. The number of carbonyl (C=O) groups is 2. The minimum absolute atomic E-state index is 0.0689. The van der Waals surface area contributed by atoms with Crippen LogP contribution in [0.1, 0.15) is 12.8 Å². The van der Waals surface area contributed by atoms with Crippen LogP contribution < -0.4 is 4.90 Å². The number of para-hydroxylation sites is 1. The average molecular weight is 253 g/mol. The number of hydrogen-bond acceptors (Lipinski definition) is 2. The normalized spacial score (nSPS) is 26.1. The molecule has 0 bridgehead atoms. The molecule has 3 heteroatoms. The van der Waals surface area contributed by atoms with Crippen molar-refractivity contribution >= 4 is 17.5 Å². The highest BCUT2D eigenvalue weighted by Gasteiger charge is 2.48. The number of benzene rings is 1. The number of anilines is 1. The summed E-state index contributed by atoms with van der Waals surface area (Å²) in [6.45, 7) is 3.74. The highest BCUT2D eigenvalue weighted by molar-refractivity contribution is 6.22. The Morgan fingerprint density at radius 2 is 1.79 bits per heavy atom. The Kier molecular flexibility index (Phi) is 2.82. The zero-order valence-corrected chi connectivity index (χ0v) is 10.6. The molecule has 0 N–H and O–H groups in total. The molecule has 0 radical (unpaired) electrons. The molecule has 1 aromatic rings. The predicted molar refractivity (Wildman–Crippen MR) is 73.4 cm³/mol. The van der Waals surface area contributed by atoms with Crippen molar-refractivity contribution in [3.05, 3.63) is 54.6 Å². The third kappa shape index (κ3) is 1.82. The molecule has 96 valence electrons. The summed E-state index contributed by atoms with van der Waals surface area (Å²) in [6.07, 6.45) is 5.06. The lowest BCUT2D eigenvalue weighted by molar-refractivity contribution is -0.122. The molecule has 0 aromatic heterocycles. The van der Waals surface area contributed by atoms with Crippen molar-refractivity contribution in [2.45, 2.75) is 12.8 Å². The van der Waals surface area contributed by atoms with Gasteiger partial charge in [0.25, 0.3) is 0 Å². The SMILES string of the molecule is C=CC1=CC[C@H]2C(=O)N(c3ccccc3)C(=O)[C@H]2C1. The average Bonchev–Trinajstić information content (AvgIpc) is 2.71. The summed E-state index contributed by atoms with van der Waals surface area (Å²) in [5.41, 5.74) is 1.74. The van der Waals surface area contributed by atoms with E-state index < -0.39 is 0 Å². The van der Waals surface area contributed by atoms with E-state index in [4.69, 9.17) is 0 Å². The fraction of sp³-hybridized carbons (Fsp3) is 0.250. The molecule has 0 saturated carbocycles. The number of nitrogens with zero attached hydrogens (tertiary/aromatic N) is 1. The Morgan fingerprint density at radius 3 is 2.47 bits per heavy atom. The van der Waals surface area contributed by atoms with Gasteiger partial charge in [0.15, 0.2) is 0 Å². The standard InChI is InChI=1S/C16H15NO2/c1-2-11-8-9-13-14(10-11)16(19)17(15(13)18)12-6-4-3-5-7-12/h2-8,13-14H,1,9-10H2/t13-,14+/m1/s1. The van der Waals surface area contributed by atoms with Crippen LogP contribution in [0, 0.1) is 11.8 Å². The fourth-order valence-corrected chi connectivity index (χ4v) is 2.89. The molecule has 1 aromatic carbocycles. The van der Waals surface area contributed by atoms with Crippen LogP contribution in [0.4, 0.5) is 5.69 Å². The van der Waals surface area contributed by atoms with E-state index in [1.807, 2.05) is 24.3 Å². The van der Waals surface area contributed by atoms with Crippen molar-refractivity contribution in [2.24, 2.45) is 11.8 Å². The molecule has 1 aliphatic heterocycles. The van der Waals surface area contributed by atoms with Gasteiger partial charge in [-0.1, -0.05) is 42.5 Å². The van der Waals surface area contributed by atoms with Gasteiger partial charge in [0, 0.05) is 0 Å². The number of rotatable bonds is 2. The molecule has 3 rings (SSSR count). The van der Waals surface area contributed by atoms with E-state index in [9.17, 15) is 9.59 Å². The zero-order valence-electron chi connectivity index (χ0n) is 10.6. The second kappa shape index (κ2) is 4.50. The molecule has 2 aliphatic rings. The molecule has 0 unspecified atom stereocenters. The lowest BCUT2D eigenvalue weighted by Crippen LogP contribution is -2.30. The lowest BCUT2D eigenvalue weighted by atomic mass is 9.81. The minimum Gasteiger partial charge on any atom is -0.274 e. The number of imide groups is 1. The summed E-state index contributed by atoms with van der Waals surface area (Å²) in [5.74, 6) is -0.559. The topological polar surface area (TPSA) is 37.4 Å². The Bertz CT molecular complexity index is 574. The van der Waals surface area contributed by atoms with E-state index >= 15 is 0 Å². The van der Waals surface area contributed by atoms with Crippen molar-refractivity contribution in [3.63, 3.8) is 0 Å². The Hall–Kier alpha value is -2.16. The van der Waals surface area contributed by atoms with Gasteiger partial charge in [0.2, 0.25) is 11.8 Å². The maximum absolute atomic E-state index is 12.5. The van der Waals surface area contributed by atoms with Crippen LogP contribution >= 0.6 is 0 Å². The van der Waals surface area contributed by atoms with Crippen molar-refractivity contribution in [2.75, 3.05) is 4.90 Å². The van der Waals surface area contributed by atoms with Gasteiger partial charge < -0.3 is 0 Å². The van der Waals surface area contributed by atoms with Gasteiger partial charge in [-0.15, -0.1) is 0 Å². The minimum atomic E-state index is -0.217. The van der Waals surface area contributed by atoms with E-state index in [2.05, 4.69) is 6.58 Å². The molecule has 3 nitrogen and oxygen atoms in total. The Labute approximate surface area is 112 Å². The van der Waals surface area contributed by atoms with Gasteiger partial charge >= 0.3 is 0 Å². The van der Waals surface area contributed by atoms with Gasteiger partial charge in [-0.2, -0.15) is 0 Å². The zero-order chi connectivity index (χ0) is 13.4. The largest absolute Gasteiger partial charge is 0.274 e. The molecule has 1 heterocycles. The van der Waals surface area contributed by atoms with E-state index in [-0.39, 0.29) is 23.7 Å². The van der Waals surface area contributed by atoms with Crippen LogP contribution in [0.25, 0.3) is 0 Å². The second-order valence-corrected chi connectivity index (χ2v) is 4.98. The Morgan fingerprint density at radius 1 is 1.11 bits per heavy atom. The molecule has 2 atom stereocenters. The van der Waals surface area contributed by atoms with Crippen LogP contribution in [0.2, 0.25) is 0 Å². The van der Waals surface area contributed by atoms with Crippen LogP contribution in [0.15, 0.2) is 54.6 Å². The highest BCUT2D eigenvalue weighted by atomic mass is 16.2. The summed E-state index contributed by atoms with van der Waals surface area (Å²) >= 11 is 0. The van der Waals surface area contributed by atoms with Crippen molar-refractivity contribution in [1.29, 1.82) is 0 Å². The van der Waals surface area contributed by atoms with Gasteiger partial charge in [-0.3, -0.25) is 14.5 Å². The molecule has 1 saturated heterocycles. The van der Waals surface area contributed by atoms with Crippen LogP contribution in [-0.4, -0.2) is 11.8 Å². The number of carbonyl (C=O) groups excluding carboxylic acids is 2. The van der Waals surface area contributed by atoms with E-state index in [0.29, 0.717) is 18.5 Å². The van der Waals surface area contributed by atoms with Crippen molar-refractivity contribution in [3.8, 4) is 0 Å². The molecule has 1 fully saturated rings. The Balaban J connectivity index is 1.94. The van der Waals surface area contributed by atoms with Crippen molar-refractivity contribution < 1.29 is 9.59 Å². The monoisotopic (exact) mass is 253 g/mol. The third-order valence-electron chi connectivity index (χ3n) is 3.93. The van der Waals surface area contributed by atoms with Crippen LogP contribution in [0.5, 0.6) is 0 Å². The van der Waals surface area contributed by atoms with Crippen LogP contribution in [0.3, 0.4) is 0 Å². The smallest absolute Gasteiger partial charge is 0.238 e. The van der Waals surface area contributed by atoms with Gasteiger partial charge in [0.05, 0.1) is 17.5 Å². The number of allylic oxidation sites excluding steroid dienone is 3. The molecular formula is C16H15NO2. The highest BCUT2D eigenvalue weighted by Crippen LogP contribution is 2.39. The van der Waals surface area contributed by atoms with E-state index in [0.717, 1.165) is 5.57 Å². The number of fused-ring (bicyclic) bond motifs is 1. The van der Waals surface area contributed by atoms with Gasteiger partial charge in [-0.05, 0) is 25.0 Å².